The number of halogens is 3. The van der Waals surface area contributed by atoms with Gasteiger partial charge in [-0.3, -0.25) is 4.79 Å². The highest BCUT2D eigenvalue weighted by Crippen LogP contribution is 2.31. The third-order valence-corrected chi connectivity index (χ3v) is 6.44. The predicted molar refractivity (Wildman–Crippen MR) is 103 cm³/mol. The van der Waals surface area contributed by atoms with Crippen LogP contribution in [0.25, 0.3) is 0 Å². The minimum absolute atomic E-state index is 0.209. The number of alkyl halides is 3. The van der Waals surface area contributed by atoms with E-state index in [9.17, 15) is 26.4 Å². The van der Waals surface area contributed by atoms with Crippen LogP contribution in [-0.4, -0.2) is 38.3 Å². The Morgan fingerprint density at radius 2 is 1.90 bits per heavy atom. The molecular formula is C20H19F3N2O3S. The lowest BCUT2D eigenvalue weighted by Gasteiger charge is -2.24. The fraction of sp³-hybridized carbons (Fsp3) is 0.250. The van der Waals surface area contributed by atoms with Gasteiger partial charge in [-0.25, -0.2) is 8.42 Å². The first kappa shape index (κ1) is 21.1. The molecule has 0 fully saturated rings. The van der Waals surface area contributed by atoms with E-state index in [0.29, 0.717) is 24.7 Å². The number of anilines is 1. The van der Waals surface area contributed by atoms with Crippen LogP contribution >= 0.6 is 0 Å². The van der Waals surface area contributed by atoms with Gasteiger partial charge in [-0.1, -0.05) is 30.3 Å². The molecule has 0 atom stereocenters. The van der Waals surface area contributed by atoms with Crippen LogP contribution in [-0.2, 0) is 27.4 Å². The van der Waals surface area contributed by atoms with Crippen molar-refractivity contribution < 1.29 is 26.4 Å². The highest BCUT2D eigenvalue weighted by atomic mass is 32.2. The zero-order chi connectivity index (χ0) is 21.2. The van der Waals surface area contributed by atoms with Gasteiger partial charge in [-0.15, -0.1) is 6.58 Å². The van der Waals surface area contributed by atoms with Crippen LogP contribution in [0.2, 0.25) is 0 Å². The summed E-state index contributed by atoms with van der Waals surface area (Å²) in [5.41, 5.74) is 0.626. The van der Waals surface area contributed by atoms with Crippen LogP contribution in [0.5, 0.6) is 0 Å². The Kier molecular flexibility index (Phi) is 5.81. The maximum Gasteiger partial charge on any atom is 0.416 e. The molecule has 0 saturated carbocycles. The average Bonchev–Trinajstić information content (AvgIpc) is 3.11. The summed E-state index contributed by atoms with van der Waals surface area (Å²) in [6.45, 7) is 3.20. The standard InChI is InChI=1S/C20H19F3N2O3S/c1-2-11-24(14-19(26)25-12-10-15-6-3-4-9-18(15)25)29(27,28)17-8-5-7-16(13-17)20(21,22)23/h2-9,13H,1,10-12,14H2. The van der Waals surface area contributed by atoms with Crippen molar-refractivity contribution in [1.82, 2.24) is 4.31 Å². The van der Waals surface area contributed by atoms with Crippen molar-refractivity contribution in [3.05, 3.63) is 72.3 Å². The minimum Gasteiger partial charge on any atom is -0.311 e. The quantitative estimate of drug-likeness (QED) is 0.668. The number of sulfonamides is 1. The minimum atomic E-state index is -4.68. The largest absolute Gasteiger partial charge is 0.416 e. The van der Waals surface area contributed by atoms with Crippen molar-refractivity contribution >= 4 is 21.6 Å². The third kappa shape index (κ3) is 4.35. The Morgan fingerprint density at radius 3 is 2.59 bits per heavy atom. The molecule has 154 valence electrons. The highest BCUT2D eigenvalue weighted by Gasteiger charge is 2.34. The Bertz CT molecular complexity index is 1040. The molecule has 1 amide bonds. The molecule has 5 nitrogen and oxygen atoms in total. The molecule has 29 heavy (non-hydrogen) atoms. The number of nitrogens with zero attached hydrogens (tertiary/aromatic N) is 2. The number of hydrogen-bond acceptors (Lipinski definition) is 3. The maximum absolute atomic E-state index is 13.0. The van der Waals surface area contributed by atoms with E-state index in [-0.39, 0.29) is 6.54 Å². The van der Waals surface area contributed by atoms with Gasteiger partial charge in [-0.2, -0.15) is 17.5 Å². The van der Waals surface area contributed by atoms with Crippen molar-refractivity contribution in [2.45, 2.75) is 17.5 Å². The van der Waals surface area contributed by atoms with Gasteiger partial charge in [-0.05, 0) is 36.2 Å². The molecule has 0 aromatic heterocycles. The number of fused-ring (bicyclic) bond motifs is 1. The van der Waals surface area contributed by atoms with E-state index in [1.54, 1.807) is 12.1 Å². The van der Waals surface area contributed by atoms with Gasteiger partial charge in [0.15, 0.2) is 0 Å². The molecule has 0 N–H and O–H groups in total. The van der Waals surface area contributed by atoms with Crippen LogP contribution in [0, 0.1) is 0 Å². The lowest BCUT2D eigenvalue weighted by molar-refractivity contribution is -0.137. The first-order valence-corrected chi connectivity index (χ1v) is 10.2. The van der Waals surface area contributed by atoms with E-state index in [2.05, 4.69) is 6.58 Å². The summed E-state index contributed by atoms with van der Waals surface area (Å²) in [5, 5.41) is 0. The van der Waals surface area contributed by atoms with E-state index in [1.165, 1.54) is 11.0 Å². The topological polar surface area (TPSA) is 57.7 Å². The molecule has 0 radical (unpaired) electrons. The lowest BCUT2D eigenvalue weighted by Crippen LogP contribution is -2.42. The van der Waals surface area contributed by atoms with Crippen LogP contribution in [0.4, 0.5) is 18.9 Å². The number of carbonyl (C=O) groups is 1. The molecular weight excluding hydrogens is 405 g/mol. The summed E-state index contributed by atoms with van der Waals surface area (Å²) < 4.78 is 65.6. The molecule has 1 heterocycles. The van der Waals surface area contributed by atoms with Crippen molar-refractivity contribution in [1.29, 1.82) is 0 Å². The molecule has 2 aromatic rings. The average molecular weight is 424 g/mol. The van der Waals surface area contributed by atoms with Gasteiger partial charge in [0.05, 0.1) is 17.0 Å². The molecule has 0 unspecified atom stereocenters. The second kappa shape index (κ2) is 8.00. The molecule has 3 rings (SSSR count). The Morgan fingerprint density at radius 1 is 1.17 bits per heavy atom. The number of carbonyl (C=O) groups excluding carboxylic acids is 1. The normalized spacial score (nSPS) is 14.1. The zero-order valence-electron chi connectivity index (χ0n) is 15.4. The van der Waals surface area contributed by atoms with Crippen molar-refractivity contribution in [3.8, 4) is 0 Å². The summed E-state index contributed by atoms with van der Waals surface area (Å²) >= 11 is 0. The number of amides is 1. The van der Waals surface area contributed by atoms with Crippen LogP contribution in [0.15, 0.2) is 66.1 Å². The summed E-state index contributed by atoms with van der Waals surface area (Å²) in [6, 6.07) is 10.8. The van der Waals surface area contributed by atoms with Gasteiger partial charge < -0.3 is 4.90 Å². The van der Waals surface area contributed by atoms with Crippen molar-refractivity contribution in [2.24, 2.45) is 0 Å². The van der Waals surface area contributed by atoms with E-state index >= 15 is 0 Å². The van der Waals surface area contributed by atoms with E-state index < -0.39 is 39.1 Å². The molecule has 2 aromatic carbocycles. The summed E-state index contributed by atoms with van der Waals surface area (Å²) in [7, 11) is -4.33. The summed E-state index contributed by atoms with van der Waals surface area (Å²) in [4.78, 5) is 13.8. The van der Waals surface area contributed by atoms with Gasteiger partial charge in [0.2, 0.25) is 15.9 Å². The van der Waals surface area contributed by atoms with Gasteiger partial charge >= 0.3 is 6.18 Å². The van der Waals surface area contributed by atoms with E-state index in [0.717, 1.165) is 28.1 Å². The Balaban J connectivity index is 1.88. The second-order valence-corrected chi connectivity index (χ2v) is 8.47. The summed E-state index contributed by atoms with van der Waals surface area (Å²) in [5.74, 6) is -0.452. The predicted octanol–water partition coefficient (Wildman–Crippen LogP) is 3.47. The van der Waals surface area contributed by atoms with Crippen LogP contribution < -0.4 is 4.90 Å². The Labute approximate surface area is 167 Å². The third-order valence-electron chi connectivity index (χ3n) is 4.63. The molecule has 0 saturated heterocycles. The lowest BCUT2D eigenvalue weighted by atomic mass is 10.2. The van der Waals surface area contributed by atoms with Gasteiger partial charge in [0.25, 0.3) is 0 Å². The smallest absolute Gasteiger partial charge is 0.311 e. The van der Waals surface area contributed by atoms with Crippen LogP contribution in [0.3, 0.4) is 0 Å². The number of hydrogen-bond donors (Lipinski definition) is 0. The fourth-order valence-corrected chi connectivity index (χ4v) is 4.61. The molecule has 0 spiro atoms. The fourth-order valence-electron chi connectivity index (χ4n) is 3.21. The van der Waals surface area contributed by atoms with E-state index in [1.807, 2.05) is 12.1 Å². The SMILES string of the molecule is C=CCN(CC(=O)N1CCc2ccccc21)S(=O)(=O)c1cccc(C(F)(F)F)c1. The molecule has 1 aliphatic rings. The van der Waals surface area contributed by atoms with Crippen molar-refractivity contribution in [2.75, 3.05) is 24.5 Å². The molecule has 0 bridgehead atoms. The number of para-hydroxylation sites is 1. The number of rotatable bonds is 6. The first-order chi connectivity index (χ1) is 13.6. The number of benzene rings is 2. The van der Waals surface area contributed by atoms with E-state index in [4.69, 9.17) is 0 Å². The highest BCUT2D eigenvalue weighted by molar-refractivity contribution is 7.89. The monoisotopic (exact) mass is 424 g/mol. The molecule has 1 aliphatic heterocycles. The van der Waals surface area contributed by atoms with Crippen molar-refractivity contribution in [3.63, 3.8) is 0 Å². The van der Waals surface area contributed by atoms with Gasteiger partial charge in [0.1, 0.15) is 0 Å². The Hall–Kier alpha value is -2.65. The summed E-state index contributed by atoms with van der Waals surface area (Å²) in [6.07, 6.45) is -2.73. The maximum atomic E-state index is 13.0. The second-order valence-electron chi connectivity index (χ2n) is 6.54. The molecule has 9 heteroatoms. The molecule has 0 aliphatic carbocycles. The zero-order valence-corrected chi connectivity index (χ0v) is 16.2. The van der Waals surface area contributed by atoms with Gasteiger partial charge in [0, 0.05) is 18.8 Å². The first-order valence-electron chi connectivity index (χ1n) is 8.81. The van der Waals surface area contributed by atoms with Crippen LogP contribution in [0.1, 0.15) is 11.1 Å².